The molecule has 0 radical (unpaired) electrons. The Morgan fingerprint density at radius 3 is 2.71 bits per heavy atom. The molecule has 0 saturated heterocycles. The molecule has 3 aromatic rings. The largest absolute Gasteiger partial charge is 0.411 e. The van der Waals surface area contributed by atoms with Gasteiger partial charge in [0.05, 0.1) is 17.2 Å². The van der Waals surface area contributed by atoms with Crippen LogP contribution in [0.5, 0.6) is 0 Å². The Morgan fingerprint density at radius 1 is 1.32 bits per heavy atom. The zero-order valence-electron chi connectivity index (χ0n) is 15.4. The van der Waals surface area contributed by atoms with E-state index in [0.717, 1.165) is 21.2 Å². The lowest BCUT2D eigenvalue weighted by molar-refractivity contribution is -0.385. The summed E-state index contributed by atoms with van der Waals surface area (Å²) in [6, 6.07) is 10.3. The second-order valence-electron chi connectivity index (χ2n) is 6.36. The molecule has 0 saturated carbocycles. The number of hydrogen-bond acceptors (Lipinski definition) is 7. The maximum absolute atomic E-state index is 11.1. The highest BCUT2D eigenvalue weighted by Gasteiger charge is 2.21. The Kier molecular flexibility index (Phi) is 6.05. The molecule has 0 aliphatic rings. The number of nitro benzene ring substituents is 1. The smallest absolute Gasteiger partial charge is 0.270 e. The van der Waals surface area contributed by atoms with E-state index in [-0.39, 0.29) is 11.6 Å². The summed E-state index contributed by atoms with van der Waals surface area (Å²) in [5, 5.41) is 24.2. The number of hydrogen-bond donors (Lipinski definition) is 1. The fourth-order valence-electron chi connectivity index (χ4n) is 2.70. The van der Waals surface area contributed by atoms with Gasteiger partial charge in [-0.2, -0.15) is 0 Å². The highest BCUT2D eigenvalue weighted by molar-refractivity contribution is 7.99. The second-order valence-corrected chi connectivity index (χ2v) is 7.42. The third-order valence-electron chi connectivity index (χ3n) is 4.03. The number of oxime groups is 1. The number of nitro groups is 1. The van der Waals surface area contributed by atoms with Gasteiger partial charge in [0.2, 0.25) is 0 Å². The molecular formula is C19H19N5O3S. The summed E-state index contributed by atoms with van der Waals surface area (Å²) in [6.45, 7) is 4.55. The first-order valence-electron chi connectivity index (χ1n) is 8.58. The Labute approximate surface area is 166 Å². The first-order chi connectivity index (χ1) is 13.5. The van der Waals surface area contributed by atoms with E-state index in [4.69, 9.17) is 5.21 Å². The van der Waals surface area contributed by atoms with Gasteiger partial charge in [-0.1, -0.05) is 36.8 Å². The standard InChI is InChI=1S/C19H19N5O3S/c1-13(2)18-19(28-16-5-3-4-15(10-16)24(26)27)23(17(22-18)11-21-25)12-14-6-8-20-9-7-14/h3-11,13,25H,12H2,1-2H3. The van der Waals surface area contributed by atoms with Crippen molar-refractivity contribution >= 4 is 23.7 Å². The fourth-order valence-corrected chi connectivity index (χ4v) is 3.91. The van der Waals surface area contributed by atoms with Crippen molar-refractivity contribution in [3.05, 3.63) is 76.0 Å². The molecule has 9 heteroatoms. The predicted octanol–water partition coefficient (Wildman–Crippen LogP) is 4.32. The van der Waals surface area contributed by atoms with Gasteiger partial charge in [0, 0.05) is 29.4 Å². The van der Waals surface area contributed by atoms with Gasteiger partial charge in [-0.15, -0.1) is 0 Å². The van der Waals surface area contributed by atoms with Crippen LogP contribution < -0.4 is 0 Å². The molecule has 0 amide bonds. The Balaban J connectivity index is 2.09. The van der Waals surface area contributed by atoms with Crippen LogP contribution in [0.15, 0.2) is 63.9 Å². The quantitative estimate of drug-likeness (QED) is 0.275. The van der Waals surface area contributed by atoms with Gasteiger partial charge in [0.1, 0.15) is 11.2 Å². The number of nitrogens with zero attached hydrogens (tertiary/aromatic N) is 5. The van der Waals surface area contributed by atoms with E-state index in [0.29, 0.717) is 12.4 Å². The van der Waals surface area contributed by atoms with E-state index in [9.17, 15) is 10.1 Å². The second kappa shape index (κ2) is 8.66. The lowest BCUT2D eigenvalue weighted by atomic mass is 10.1. The minimum atomic E-state index is -0.411. The summed E-state index contributed by atoms with van der Waals surface area (Å²) in [4.78, 5) is 20.1. The monoisotopic (exact) mass is 397 g/mol. The molecule has 0 aliphatic carbocycles. The fraction of sp³-hybridized carbons (Fsp3) is 0.211. The molecule has 28 heavy (non-hydrogen) atoms. The zero-order valence-corrected chi connectivity index (χ0v) is 16.2. The summed E-state index contributed by atoms with van der Waals surface area (Å²) in [5.41, 5.74) is 1.88. The van der Waals surface area contributed by atoms with Gasteiger partial charge in [-0.05, 0) is 29.7 Å². The predicted molar refractivity (Wildman–Crippen MR) is 106 cm³/mol. The van der Waals surface area contributed by atoms with Crippen molar-refractivity contribution in [2.75, 3.05) is 0 Å². The van der Waals surface area contributed by atoms with Gasteiger partial charge in [-0.25, -0.2) is 4.98 Å². The van der Waals surface area contributed by atoms with Crippen LogP contribution in [0, 0.1) is 10.1 Å². The van der Waals surface area contributed by atoms with Gasteiger partial charge >= 0.3 is 0 Å². The van der Waals surface area contributed by atoms with Crippen LogP contribution in [0.25, 0.3) is 0 Å². The van der Waals surface area contributed by atoms with Crippen LogP contribution in [0.1, 0.15) is 36.8 Å². The molecule has 1 N–H and O–H groups in total. The van der Waals surface area contributed by atoms with Crippen molar-refractivity contribution in [1.29, 1.82) is 0 Å². The number of aromatic nitrogens is 3. The van der Waals surface area contributed by atoms with E-state index >= 15 is 0 Å². The van der Waals surface area contributed by atoms with E-state index in [1.807, 2.05) is 36.6 Å². The summed E-state index contributed by atoms with van der Waals surface area (Å²) in [7, 11) is 0. The minimum absolute atomic E-state index is 0.0356. The van der Waals surface area contributed by atoms with E-state index in [1.165, 1.54) is 24.0 Å². The summed E-state index contributed by atoms with van der Waals surface area (Å²) < 4.78 is 1.94. The zero-order chi connectivity index (χ0) is 20.1. The summed E-state index contributed by atoms with van der Waals surface area (Å²) in [6.07, 6.45) is 4.72. The van der Waals surface area contributed by atoms with Crippen LogP contribution in [0.2, 0.25) is 0 Å². The van der Waals surface area contributed by atoms with Gasteiger partial charge in [0.25, 0.3) is 5.69 Å². The molecule has 2 heterocycles. The van der Waals surface area contributed by atoms with E-state index < -0.39 is 4.92 Å². The van der Waals surface area contributed by atoms with Crippen molar-refractivity contribution < 1.29 is 10.1 Å². The molecule has 0 unspecified atom stereocenters. The van der Waals surface area contributed by atoms with E-state index in [1.54, 1.807) is 24.5 Å². The van der Waals surface area contributed by atoms with Gasteiger partial charge in [0.15, 0.2) is 5.82 Å². The van der Waals surface area contributed by atoms with Crippen molar-refractivity contribution in [3.63, 3.8) is 0 Å². The van der Waals surface area contributed by atoms with Crippen LogP contribution >= 0.6 is 11.8 Å². The molecule has 1 aromatic carbocycles. The van der Waals surface area contributed by atoms with Crippen LogP contribution in [0.4, 0.5) is 5.69 Å². The average Bonchev–Trinajstić information content (AvgIpc) is 3.01. The van der Waals surface area contributed by atoms with Crippen molar-refractivity contribution in [2.45, 2.75) is 36.2 Å². The molecule has 144 valence electrons. The molecular weight excluding hydrogens is 378 g/mol. The van der Waals surface area contributed by atoms with Crippen molar-refractivity contribution in [3.8, 4) is 0 Å². The topological polar surface area (TPSA) is 106 Å². The maximum Gasteiger partial charge on any atom is 0.270 e. The van der Waals surface area contributed by atoms with Crippen molar-refractivity contribution in [2.24, 2.45) is 5.16 Å². The average molecular weight is 397 g/mol. The lowest BCUT2D eigenvalue weighted by Crippen LogP contribution is -2.06. The number of non-ortho nitro benzene ring substituents is 1. The molecule has 3 rings (SSSR count). The minimum Gasteiger partial charge on any atom is -0.411 e. The Morgan fingerprint density at radius 2 is 2.07 bits per heavy atom. The number of benzene rings is 1. The highest BCUT2D eigenvalue weighted by atomic mass is 32.2. The molecule has 2 aromatic heterocycles. The molecule has 0 aliphatic heterocycles. The molecule has 0 bridgehead atoms. The Hall–Kier alpha value is -3.20. The SMILES string of the molecule is CC(C)c1nc(C=NO)n(Cc2ccncc2)c1Sc1cccc([N+](=O)[O-])c1. The number of pyridine rings is 1. The van der Waals surface area contributed by atoms with Gasteiger partial charge in [-0.3, -0.25) is 15.1 Å². The van der Waals surface area contributed by atoms with Crippen LogP contribution in [0.3, 0.4) is 0 Å². The summed E-state index contributed by atoms with van der Waals surface area (Å²) in [5.74, 6) is 0.627. The molecule has 0 atom stereocenters. The first kappa shape index (κ1) is 19.6. The molecule has 8 nitrogen and oxygen atoms in total. The third-order valence-corrected chi connectivity index (χ3v) is 5.14. The maximum atomic E-state index is 11.1. The third kappa shape index (κ3) is 4.37. The summed E-state index contributed by atoms with van der Waals surface area (Å²) >= 11 is 1.40. The highest BCUT2D eigenvalue weighted by Crippen LogP contribution is 2.36. The Bertz CT molecular complexity index is 1000. The normalized spacial score (nSPS) is 11.4. The van der Waals surface area contributed by atoms with Crippen LogP contribution in [-0.2, 0) is 6.54 Å². The number of imidazole rings is 1. The number of rotatable bonds is 7. The van der Waals surface area contributed by atoms with Crippen molar-refractivity contribution in [1.82, 2.24) is 14.5 Å². The van der Waals surface area contributed by atoms with Gasteiger partial charge < -0.3 is 9.77 Å². The molecule has 0 spiro atoms. The van der Waals surface area contributed by atoms with Crippen LogP contribution in [-0.4, -0.2) is 30.9 Å². The lowest BCUT2D eigenvalue weighted by Gasteiger charge is -2.12. The molecule has 0 fully saturated rings. The van der Waals surface area contributed by atoms with E-state index in [2.05, 4.69) is 15.1 Å². The first-order valence-corrected chi connectivity index (χ1v) is 9.40.